The Morgan fingerprint density at radius 3 is 2.17 bits per heavy atom. The molecule has 12 heavy (non-hydrogen) atoms. The zero-order valence-electron chi connectivity index (χ0n) is 6.77. The van der Waals surface area contributed by atoms with Crippen molar-refractivity contribution >= 4 is 15.5 Å². The number of hydrogen-bond donors (Lipinski definition) is 1. The van der Waals surface area contributed by atoms with Gasteiger partial charge in [0.1, 0.15) is 0 Å². The molecule has 0 amide bonds. The van der Waals surface area contributed by atoms with Crippen LogP contribution in [0.1, 0.15) is 0 Å². The Kier molecular flexibility index (Phi) is 2.27. The van der Waals surface area contributed by atoms with E-state index < -0.39 is 9.84 Å². The fraction of sp³-hybridized carbons (Fsp3) is 0.333. The van der Waals surface area contributed by atoms with Crippen molar-refractivity contribution in [1.82, 2.24) is 9.97 Å². The molecular formula is C6H9N3O2S. The maximum absolute atomic E-state index is 10.9. The summed E-state index contributed by atoms with van der Waals surface area (Å²) in [6.45, 7) is 0. The number of rotatable bonds is 2. The molecule has 0 saturated heterocycles. The van der Waals surface area contributed by atoms with E-state index in [-0.39, 0.29) is 5.16 Å². The van der Waals surface area contributed by atoms with Gasteiger partial charge in [0.2, 0.25) is 15.0 Å². The van der Waals surface area contributed by atoms with Gasteiger partial charge in [0.05, 0.1) is 18.1 Å². The van der Waals surface area contributed by atoms with Crippen molar-refractivity contribution in [2.24, 2.45) is 0 Å². The Hall–Kier alpha value is -1.17. The van der Waals surface area contributed by atoms with Crippen LogP contribution >= 0.6 is 0 Å². The third kappa shape index (κ3) is 1.91. The Morgan fingerprint density at radius 2 is 1.83 bits per heavy atom. The van der Waals surface area contributed by atoms with Gasteiger partial charge in [-0.25, -0.2) is 18.4 Å². The topological polar surface area (TPSA) is 72.0 Å². The molecule has 0 unspecified atom stereocenters. The fourth-order valence-corrected chi connectivity index (χ4v) is 1.13. The van der Waals surface area contributed by atoms with Crippen molar-refractivity contribution in [3.63, 3.8) is 0 Å². The first-order chi connectivity index (χ1) is 5.54. The van der Waals surface area contributed by atoms with Crippen LogP contribution in [0.3, 0.4) is 0 Å². The van der Waals surface area contributed by atoms with Gasteiger partial charge >= 0.3 is 0 Å². The quantitative estimate of drug-likeness (QED) is 0.656. The van der Waals surface area contributed by atoms with Crippen LogP contribution in [0.5, 0.6) is 0 Å². The Balaban J connectivity index is 3.09. The number of aromatic nitrogens is 2. The molecule has 5 nitrogen and oxygen atoms in total. The van der Waals surface area contributed by atoms with Crippen LogP contribution in [0.25, 0.3) is 0 Å². The van der Waals surface area contributed by atoms with Gasteiger partial charge in [0, 0.05) is 13.3 Å². The van der Waals surface area contributed by atoms with Crippen LogP contribution in [0.2, 0.25) is 0 Å². The van der Waals surface area contributed by atoms with Gasteiger partial charge < -0.3 is 5.32 Å². The highest BCUT2D eigenvalue weighted by Crippen LogP contribution is 2.04. The standard InChI is InChI=1S/C6H9N3O2S/c1-7-5-3-8-6(9-4-5)12(2,10)11/h3-4,7H,1-2H3. The summed E-state index contributed by atoms with van der Waals surface area (Å²) in [6, 6.07) is 0. The summed E-state index contributed by atoms with van der Waals surface area (Å²) in [4.78, 5) is 7.32. The lowest BCUT2D eigenvalue weighted by atomic mass is 10.5. The summed E-state index contributed by atoms with van der Waals surface area (Å²) in [6.07, 6.45) is 3.91. The van der Waals surface area contributed by atoms with E-state index in [1.165, 1.54) is 12.4 Å². The zero-order valence-corrected chi connectivity index (χ0v) is 7.59. The molecule has 0 aromatic carbocycles. The van der Waals surface area contributed by atoms with Crippen molar-refractivity contribution in [1.29, 1.82) is 0 Å². The first kappa shape index (κ1) is 8.92. The van der Waals surface area contributed by atoms with Crippen molar-refractivity contribution < 1.29 is 8.42 Å². The van der Waals surface area contributed by atoms with E-state index in [0.29, 0.717) is 5.69 Å². The van der Waals surface area contributed by atoms with E-state index in [0.717, 1.165) is 6.26 Å². The molecular weight excluding hydrogens is 178 g/mol. The molecule has 66 valence electrons. The molecule has 1 aromatic heterocycles. The summed E-state index contributed by atoms with van der Waals surface area (Å²) in [5.41, 5.74) is 0.683. The molecule has 0 saturated carbocycles. The molecule has 0 radical (unpaired) electrons. The molecule has 1 rings (SSSR count). The monoisotopic (exact) mass is 187 g/mol. The second-order valence-corrected chi connectivity index (χ2v) is 4.19. The molecule has 0 aliphatic carbocycles. The summed E-state index contributed by atoms with van der Waals surface area (Å²) >= 11 is 0. The third-order valence-electron chi connectivity index (χ3n) is 1.25. The molecule has 0 aliphatic heterocycles. The van der Waals surface area contributed by atoms with E-state index >= 15 is 0 Å². The van der Waals surface area contributed by atoms with Crippen LogP contribution in [0, 0.1) is 0 Å². The number of anilines is 1. The molecule has 0 bridgehead atoms. The molecule has 0 fully saturated rings. The molecule has 0 atom stereocenters. The highest BCUT2D eigenvalue weighted by atomic mass is 32.2. The minimum atomic E-state index is -3.28. The highest BCUT2D eigenvalue weighted by Gasteiger charge is 2.09. The summed E-state index contributed by atoms with van der Waals surface area (Å²) in [7, 11) is -1.57. The molecule has 0 spiro atoms. The van der Waals surface area contributed by atoms with E-state index in [2.05, 4.69) is 15.3 Å². The SMILES string of the molecule is CNc1cnc(S(C)(=O)=O)nc1. The molecule has 1 N–H and O–H groups in total. The van der Waals surface area contributed by atoms with E-state index in [9.17, 15) is 8.42 Å². The van der Waals surface area contributed by atoms with Gasteiger partial charge in [-0.1, -0.05) is 0 Å². The normalized spacial score (nSPS) is 11.2. The van der Waals surface area contributed by atoms with Gasteiger partial charge in [-0.3, -0.25) is 0 Å². The fourth-order valence-electron chi connectivity index (χ4n) is 0.637. The van der Waals surface area contributed by atoms with E-state index in [1.807, 2.05) is 0 Å². The number of sulfone groups is 1. The molecule has 1 heterocycles. The second-order valence-electron chi connectivity index (χ2n) is 2.28. The second kappa shape index (κ2) is 3.06. The van der Waals surface area contributed by atoms with Gasteiger partial charge in [-0.2, -0.15) is 0 Å². The highest BCUT2D eigenvalue weighted by molar-refractivity contribution is 7.90. The lowest BCUT2D eigenvalue weighted by Crippen LogP contribution is -2.04. The minimum Gasteiger partial charge on any atom is -0.386 e. The predicted octanol–water partition coefficient (Wildman–Crippen LogP) is -0.0782. The van der Waals surface area contributed by atoms with Crippen molar-refractivity contribution in [2.75, 3.05) is 18.6 Å². The zero-order chi connectivity index (χ0) is 9.19. The number of nitrogens with one attached hydrogen (secondary N) is 1. The average Bonchev–Trinajstić information content (AvgIpc) is 2.03. The number of hydrogen-bond acceptors (Lipinski definition) is 5. The maximum atomic E-state index is 10.9. The summed E-state index contributed by atoms with van der Waals surface area (Å²) in [5, 5.41) is 2.63. The van der Waals surface area contributed by atoms with E-state index in [4.69, 9.17) is 0 Å². The predicted molar refractivity (Wildman–Crippen MR) is 44.7 cm³/mol. The Bertz CT molecular complexity index is 357. The largest absolute Gasteiger partial charge is 0.386 e. The summed E-state index contributed by atoms with van der Waals surface area (Å²) in [5.74, 6) is 0. The molecule has 0 aliphatic rings. The average molecular weight is 187 g/mol. The van der Waals surface area contributed by atoms with Gasteiger partial charge in [0.15, 0.2) is 0 Å². The van der Waals surface area contributed by atoms with Gasteiger partial charge in [-0.15, -0.1) is 0 Å². The lowest BCUT2D eigenvalue weighted by Gasteiger charge is -1.98. The van der Waals surface area contributed by atoms with Crippen LogP contribution in [-0.2, 0) is 9.84 Å². The maximum Gasteiger partial charge on any atom is 0.246 e. The van der Waals surface area contributed by atoms with Gasteiger partial charge in [-0.05, 0) is 0 Å². The smallest absolute Gasteiger partial charge is 0.246 e. The number of nitrogens with zero attached hydrogens (tertiary/aromatic N) is 2. The Labute approximate surface area is 70.8 Å². The third-order valence-corrected chi connectivity index (χ3v) is 2.12. The minimum absolute atomic E-state index is 0.151. The summed E-state index contributed by atoms with van der Waals surface area (Å²) < 4.78 is 21.8. The lowest BCUT2D eigenvalue weighted by molar-refractivity contribution is 0.593. The van der Waals surface area contributed by atoms with Crippen molar-refractivity contribution in [3.8, 4) is 0 Å². The Morgan fingerprint density at radius 1 is 1.33 bits per heavy atom. The first-order valence-corrected chi connectivity index (χ1v) is 5.13. The van der Waals surface area contributed by atoms with Crippen molar-refractivity contribution in [2.45, 2.75) is 5.16 Å². The first-order valence-electron chi connectivity index (χ1n) is 3.24. The van der Waals surface area contributed by atoms with Crippen molar-refractivity contribution in [3.05, 3.63) is 12.4 Å². The van der Waals surface area contributed by atoms with Crippen LogP contribution in [0.15, 0.2) is 17.6 Å². The van der Waals surface area contributed by atoms with Crippen LogP contribution < -0.4 is 5.32 Å². The van der Waals surface area contributed by atoms with Crippen LogP contribution in [0.4, 0.5) is 5.69 Å². The van der Waals surface area contributed by atoms with Crippen LogP contribution in [-0.4, -0.2) is 31.7 Å². The molecule has 1 aromatic rings. The molecule has 6 heteroatoms. The van der Waals surface area contributed by atoms with E-state index in [1.54, 1.807) is 7.05 Å². The van der Waals surface area contributed by atoms with Gasteiger partial charge in [0.25, 0.3) is 0 Å².